The van der Waals surface area contributed by atoms with Crippen molar-refractivity contribution in [2.45, 2.75) is 39.2 Å². The number of likely N-dealkylation sites (tertiary alicyclic amines) is 1. The summed E-state index contributed by atoms with van der Waals surface area (Å²) in [5.74, 6) is 0.180. The Labute approximate surface area is 141 Å². The van der Waals surface area contributed by atoms with Gasteiger partial charge in [-0.15, -0.1) is 11.3 Å². The number of hydrogen-bond donors (Lipinski definition) is 1. The summed E-state index contributed by atoms with van der Waals surface area (Å²) in [4.78, 5) is 29.8. The van der Waals surface area contributed by atoms with Gasteiger partial charge in [-0.1, -0.05) is 6.92 Å². The Morgan fingerprint density at radius 2 is 2.00 bits per heavy atom. The molecule has 2 amide bonds. The van der Waals surface area contributed by atoms with Gasteiger partial charge in [-0.2, -0.15) is 0 Å². The third-order valence-corrected chi connectivity index (χ3v) is 6.14. The van der Waals surface area contributed by atoms with Crippen LogP contribution in [0.4, 0.5) is 0 Å². The first-order valence-electron chi connectivity index (χ1n) is 8.32. The predicted molar refractivity (Wildman–Crippen MR) is 91.0 cm³/mol. The molecule has 2 N–H and O–H groups in total. The fourth-order valence-electron chi connectivity index (χ4n) is 3.39. The molecule has 0 spiro atoms. The lowest BCUT2D eigenvalue weighted by atomic mass is 9.90. The number of fused-ring (bicyclic) bond motifs is 1. The lowest BCUT2D eigenvalue weighted by molar-refractivity contribution is -0.137. The van der Waals surface area contributed by atoms with Crippen molar-refractivity contribution in [3.8, 4) is 0 Å². The summed E-state index contributed by atoms with van der Waals surface area (Å²) in [6.45, 7) is 5.68. The molecule has 0 bridgehead atoms. The van der Waals surface area contributed by atoms with Gasteiger partial charge >= 0.3 is 0 Å². The Morgan fingerprint density at radius 3 is 2.70 bits per heavy atom. The quantitative estimate of drug-likeness (QED) is 0.909. The maximum absolute atomic E-state index is 12.4. The molecular formula is C17H25N3O2S. The number of carbonyl (C=O) groups excluding carboxylic acids is 2. The van der Waals surface area contributed by atoms with Crippen molar-refractivity contribution in [1.82, 2.24) is 9.80 Å². The Kier molecular flexibility index (Phi) is 4.73. The molecule has 1 atom stereocenters. The van der Waals surface area contributed by atoms with Gasteiger partial charge in [-0.3, -0.25) is 9.59 Å². The van der Waals surface area contributed by atoms with Gasteiger partial charge in [0.15, 0.2) is 0 Å². The van der Waals surface area contributed by atoms with Gasteiger partial charge in [0.25, 0.3) is 0 Å². The first-order chi connectivity index (χ1) is 11.0. The second-order valence-electron chi connectivity index (χ2n) is 7.01. The van der Waals surface area contributed by atoms with Crippen LogP contribution in [-0.2, 0) is 22.6 Å². The molecule has 2 aliphatic rings. The first-order valence-corrected chi connectivity index (χ1v) is 9.19. The Hall–Kier alpha value is -1.40. The molecule has 1 fully saturated rings. The zero-order chi connectivity index (χ0) is 16.4. The maximum Gasteiger partial charge on any atom is 0.223 e. The molecule has 0 aliphatic carbocycles. The summed E-state index contributed by atoms with van der Waals surface area (Å²) in [5, 5.41) is 2.09. The lowest BCUT2D eigenvalue weighted by Crippen LogP contribution is -2.37. The summed E-state index contributed by atoms with van der Waals surface area (Å²) in [7, 11) is 0. The molecule has 3 rings (SSSR count). The minimum Gasteiger partial charge on any atom is -0.342 e. The molecule has 0 radical (unpaired) electrons. The van der Waals surface area contributed by atoms with Crippen molar-refractivity contribution in [3.63, 3.8) is 0 Å². The summed E-state index contributed by atoms with van der Waals surface area (Å²) >= 11 is 1.77. The average molecular weight is 335 g/mol. The summed E-state index contributed by atoms with van der Waals surface area (Å²) in [5.41, 5.74) is 7.09. The largest absolute Gasteiger partial charge is 0.342 e. The molecule has 0 aromatic carbocycles. The van der Waals surface area contributed by atoms with Crippen LogP contribution < -0.4 is 5.73 Å². The smallest absolute Gasteiger partial charge is 0.223 e. The zero-order valence-electron chi connectivity index (χ0n) is 13.7. The third kappa shape index (κ3) is 3.58. The van der Waals surface area contributed by atoms with Crippen LogP contribution in [0.2, 0.25) is 0 Å². The highest BCUT2D eigenvalue weighted by molar-refractivity contribution is 7.10. The van der Waals surface area contributed by atoms with E-state index in [2.05, 4.69) is 18.4 Å². The fourth-order valence-corrected chi connectivity index (χ4v) is 4.28. The monoisotopic (exact) mass is 335 g/mol. The van der Waals surface area contributed by atoms with Gasteiger partial charge in [-0.05, 0) is 41.8 Å². The highest BCUT2D eigenvalue weighted by atomic mass is 32.1. The number of rotatable bonds is 4. The maximum atomic E-state index is 12.4. The molecule has 23 heavy (non-hydrogen) atoms. The molecule has 3 heterocycles. The summed E-state index contributed by atoms with van der Waals surface area (Å²) in [6, 6.07) is 2.10. The molecular weight excluding hydrogens is 310 g/mol. The van der Waals surface area contributed by atoms with Crippen LogP contribution in [0.3, 0.4) is 0 Å². The number of nitrogens with two attached hydrogens (primary N) is 1. The van der Waals surface area contributed by atoms with E-state index in [0.29, 0.717) is 25.9 Å². The molecule has 5 nitrogen and oxygen atoms in total. The van der Waals surface area contributed by atoms with E-state index in [1.165, 1.54) is 10.4 Å². The Bertz CT molecular complexity index is 600. The number of thiophene rings is 1. The topological polar surface area (TPSA) is 66.6 Å². The van der Waals surface area contributed by atoms with E-state index >= 15 is 0 Å². The molecule has 1 aromatic heterocycles. The highest BCUT2D eigenvalue weighted by Crippen LogP contribution is 2.29. The molecule has 0 saturated carbocycles. The Balaban J connectivity index is 1.47. The second-order valence-corrected chi connectivity index (χ2v) is 8.02. The number of hydrogen-bond acceptors (Lipinski definition) is 4. The van der Waals surface area contributed by atoms with E-state index in [0.717, 1.165) is 32.5 Å². The normalized spacial score (nSPS) is 23.9. The second kappa shape index (κ2) is 6.61. The van der Waals surface area contributed by atoms with Crippen LogP contribution in [0.25, 0.3) is 0 Å². The van der Waals surface area contributed by atoms with Crippen LogP contribution in [0, 0.1) is 5.41 Å². The molecule has 6 heteroatoms. The lowest BCUT2D eigenvalue weighted by Gasteiger charge is -2.27. The summed E-state index contributed by atoms with van der Waals surface area (Å²) in [6.07, 6.45) is 2.52. The van der Waals surface area contributed by atoms with E-state index in [-0.39, 0.29) is 17.2 Å². The number of carbonyl (C=O) groups is 2. The fraction of sp³-hybridized carbons (Fsp3) is 0.647. The van der Waals surface area contributed by atoms with E-state index in [4.69, 9.17) is 5.73 Å². The average Bonchev–Trinajstić information content (AvgIpc) is 3.18. The van der Waals surface area contributed by atoms with Gasteiger partial charge in [0.1, 0.15) is 0 Å². The Morgan fingerprint density at radius 1 is 1.26 bits per heavy atom. The van der Waals surface area contributed by atoms with Gasteiger partial charge in [-0.25, -0.2) is 0 Å². The number of nitrogens with zero attached hydrogens (tertiary/aromatic N) is 2. The number of amides is 2. The predicted octanol–water partition coefficient (Wildman–Crippen LogP) is 1.61. The van der Waals surface area contributed by atoms with Crippen molar-refractivity contribution in [3.05, 3.63) is 21.9 Å². The van der Waals surface area contributed by atoms with Crippen LogP contribution in [-0.4, -0.2) is 47.8 Å². The van der Waals surface area contributed by atoms with E-state index in [1.54, 1.807) is 11.3 Å². The van der Waals surface area contributed by atoms with Crippen molar-refractivity contribution >= 4 is 23.2 Å². The third-order valence-electron chi connectivity index (χ3n) is 5.12. The zero-order valence-corrected chi connectivity index (χ0v) is 14.5. The molecule has 126 valence electrons. The molecule has 1 saturated heterocycles. The highest BCUT2D eigenvalue weighted by Gasteiger charge is 2.34. The van der Waals surface area contributed by atoms with E-state index < -0.39 is 0 Å². The SMILES string of the molecule is CC1(CN)CCN(C(=O)CCC(=O)N2CCc3sccc3C2)C1. The van der Waals surface area contributed by atoms with Crippen LogP contribution in [0.1, 0.15) is 36.6 Å². The van der Waals surface area contributed by atoms with E-state index in [9.17, 15) is 9.59 Å². The van der Waals surface area contributed by atoms with Crippen molar-refractivity contribution < 1.29 is 9.59 Å². The first kappa shape index (κ1) is 16.5. The van der Waals surface area contributed by atoms with E-state index in [1.807, 2.05) is 9.80 Å². The summed E-state index contributed by atoms with van der Waals surface area (Å²) < 4.78 is 0. The van der Waals surface area contributed by atoms with Crippen LogP contribution in [0.15, 0.2) is 11.4 Å². The van der Waals surface area contributed by atoms with Gasteiger partial charge in [0.2, 0.25) is 11.8 Å². The van der Waals surface area contributed by atoms with Gasteiger partial charge < -0.3 is 15.5 Å². The molecule has 1 unspecified atom stereocenters. The molecule has 2 aliphatic heterocycles. The van der Waals surface area contributed by atoms with Crippen molar-refractivity contribution in [1.29, 1.82) is 0 Å². The standard InChI is InChI=1S/C17H25N3O2S/c1-17(11-18)6-8-20(12-17)16(22)3-2-15(21)19-7-4-14-13(10-19)5-9-23-14/h5,9H,2-4,6-8,10-12,18H2,1H3. The van der Waals surface area contributed by atoms with Crippen LogP contribution in [0.5, 0.6) is 0 Å². The van der Waals surface area contributed by atoms with Crippen molar-refractivity contribution in [2.24, 2.45) is 11.1 Å². The molecule has 1 aromatic rings. The van der Waals surface area contributed by atoms with Crippen LogP contribution >= 0.6 is 11.3 Å². The minimum absolute atomic E-state index is 0.0435. The van der Waals surface area contributed by atoms with Gasteiger partial charge in [0.05, 0.1) is 0 Å². The van der Waals surface area contributed by atoms with Crippen molar-refractivity contribution in [2.75, 3.05) is 26.2 Å². The van der Waals surface area contributed by atoms with Gasteiger partial charge in [0, 0.05) is 43.9 Å². The minimum atomic E-state index is 0.0435.